The highest BCUT2D eigenvalue weighted by molar-refractivity contribution is 5.79. The van der Waals surface area contributed by atoms with Gasteiger partial charge in [-0.25, -0.2) is 0 Å². The number of unbranched alkanes of at least 4 members (excludes halogenated alkanes) is 1. The minimum atomic E-state index is 0.706. The van der Waals surface area contributed by atoms with Crippen molar-refractivity contribution in [1.29, 1.82) is 0 Å². The number of aliphatic imine (C=N–C) groups is 1. The van der Waals surface area contributed by atoms with Crippen molar-refractivity contribution in [2.45, 2.75) is 47.0 Å². The van der Waals surface area contributed by atoms with Crippen LogP contribution in [0, 0.1) is 5.92 Å². The normalized spacial score (nSPS) is 17.0. The van der Waals surface area contributed by atoms with Crippen molar-refractivity contribution in [3.63, 3.8) is 0 Å². The Balaban J connectivity index is 2.07. The average Bonchev–Trinajstić information content (AvgIpc) is 2.64. The summed E-state index contributed by atoms with van der Waals surface area (Å²) in [7, 11) is 0. The number of guanidine groups is 1. The molecule has 0 spiro atoms. The molecule has 1 aliphatic rings. The smallest absolute Gasteiger partial charge is 0.191 e. The van der Waals surface area contributed by atoms with Crippen LogP contribution in [-0.4, -0.2) is 87.9 Å². The van der Waals surface area contributed by atoms with E-state index in [1.807, 2.05) is 0 Å². The summed E-state index contributed by atoms with van der Waals surface area (Å²) in [6.45, 7) is 20.3. The van der Waals surface area contributed by atoms with Crippen LogP contribution in [0.3, 0.4) is 0 Å². The van der Waals surface area contributed by atoms with Gasteiger partial charge in [0.05, 0.1) is 6.61 Å². The van der Waals surface area contributed by atoms with Gasteiger partial charge in [-0.1, -0.05) is 20.8 Å². The SMILES string of the molecule is CCNC(=NCCCCN1CCN(CC)CC1)NCCOCCC(C)C. The highest BCUT2D eigenvalue weighted by Gasteiger charge is 2.14. The van der Waals surface area contributed by atoms with Gasteiger partial charge in [0.15, 0.2) is 5.96 Å². The fourth-order valence-electron chi connectivity index (χ4n) is 2.97. The van der Waals surface area contributed by atoms with E-state index < -0.39 is 0 Å². The van der Waals surface area contributed by atoms with Gasteiger partial charge in [0.25, 0.3) is 0 Å². The minimum Gasteiger partial charge on any atom is -0.380 e. The summed E-state index contributed by atoms with van der Waals surface area (Å²) >= 11 is 0. The molecule has 2 N–H and O–H groups in total. The number of nitrogens with zero attached hydrogens (tertiary/aromatic N) is 3. The zero-order chi connectivity index (χ0) is 19.0. The largest absolute Gasteiger partial charge is 0.380 e. The van der Waals surface area contributed by atoms with Crippen LogP contribution >= 0.6 is 0 Å². The molecule has 0 atom stereocenters. The molecule has 6 nitrogen and oxygen atoms in total. The van der Waals surface area contributed by atoms with Crippen LogP contribution < -0.4 is 10.6 Å². The first kappa shape index (κ1) is 23.2. The number of hydrogen-bond donors (Lipinski definition) is 2. The maximum atomic E-state index is 5.64. The highest BCUT2D eigenvalue weighted by Crippen LogP contribution is 2.03. The molecule has 6 heteroatoms. The van der Waals surface area contributed by atoms with Gasteiger partial charge >= 0.3 is 0 Å². The van der Waals surface area contributed by atoms with Gasteiger partial charge in [-0.05, 0) is 45.2 Å². The fourth-order valence-corrected chi connectivity index (χ4v) is 2.97. The van der Waals surface area contributed by atoms with Crippen molar-refractivity contribution in [3.05, 3.63) is 0 Å². The molecular formula is C20H43N5O. The number of ether oxygens (including phenoxy) is 1. The molecule has 0 saturated carbocycles. The molecule has 1 rings (SSSR count). The summed E-state index contributed by atoms with van der Waals surface area (Å²) < 4.78 is 5.64. The molecule has 0 amide bonds. The Kier molecular flexibility index (Phi) is 13.6. The Morgan fingerprint density at radius 1 is 1.00 bits per heavy atom. The van der Waals surface area contributed by atoms with Gasteiger partial charge in [0.1, 0.15) is 0 Å². The van der Waals surface area contributed by atoms with Crippen molar-refractivity contribution in [2.24, 2.45) is 10.9 Å². The fraction of sp³-hybridized carbons (Fsp3) is 0.950. The van der Waals surface area contributed by atoms with E-state index in [1.54, 1.807) is 0 Å². The van der Waals surface area contributed by atoms with Crippen LogP contribution in [0.5, 0.6) is 0 Å². The van der Waals surface area contributed by atoms with Gasteiger partial charge in [-0.15, -0.1) is 0 Å². The third kappa shape index (κ3) is 11.7. The quantitative estimate of drug-likeness (QED) is 0.296. The highest BCUT2D eigenvalue weighted by atomic mass is 16.5. The number of nitrogens with one attached hydrogen (secondary N) is 2. The van der Waals surface area contributed by atoms with E-state index in [4.69, 9.17) is 4.74 Å². The van der Waals surface area contributed by atoms with Crippen LogP contribution in [0.1, 0.15) is 47.0 Å². The van der Waals surface area contributed by atoms with Crippen LogP contribution in [0.4, 0.5) is 0 Å². The predicted octanol–water partition coefficient (Wildman–Crippen LogP) is 2.02. The summed E-state index contributed by atoms with van der Waals surface area (Å²) in [5.74, 6) is 1.62. The number of piperazine rings is 1. The molecule has 1 aliphatic heterocycles. The van der Waals surface area contributed by atoms with E-state index in [1.165, 1.54) is 45.7 Å². The molecule has 0 unspecified atom stereocenters. The third-order valence-corrected chi connectivity index (χ3v) is 4.79. The van der Waals surface area contributed by atoms with E-state index in [0.29, 0.717) is 5.92 Å². The molecule has 154 valence electrons. The zero-order valence-electron chi connectivity index (χ0n) is 17.7. The summed E-state index contributed by atoms with van der Waals surface area (Å²) in [6, 6.07) is 0. The van der Waals surface area contributed by atoms with Gasteiger partial charge < -0.3 is 25.2 Å². The number of hydrogen-bond acceptors (Lipinski definition) is 4. The van der Waals surface area contributed by atoms with Gasteiger partial charge in [-0.3, -0.25) is 4.99 Å². The van der Waals surface area contributed by atoms with E-state index in [0.717, 1.165) is 51.6 Å². The molecule has 0 aliphatic carbocycles. The van der Waals surface area contributed by atoms with E-state index in [-0.39, 0.29) is 0 Å². The first-order valence-electron chi connectivity index (χ1n) is 10.7. The second-order valence-electron chi connectivity index (χ2n) is 7.47. The van der Waals surface area contributed by atoms with Gasteiger partial charge in [-0.2, -0.15) is 0 Å². The molecule has 0 aromatic rings. The molecule has 26 heavy (non-hydrogen) atoms. The summed E-state index contributed by atoms with van der Waals surface area (Å²) in [5.41, 5.74) is 0. The van der Waals surface area contributed by atoms with Crippen LogP contribution in [0.25, 0.3) is 0 Å². The Morgan fingerprint density at radius 3 is 2.38 bits per heavy atom. The average molecular weight is 370 g/mol. The van der Waals surface area contributed by atoms with Crippen LogP contribution in [0.2, 0.25) is 0 Å². The molecule has 1 saturated heterocycles. The number of rotatable bonds is 13. The van der Waals surface area contributed by atoms with Crippen LogP contribution in [0.15, 0.2) is 4.99 Å². The molecule has 0 bridgehead atoms. The monoisotopic (exact) mass is 369 g/mol. The van der Waals surface area contributed by atoms with Gasteiger partial charge in [0.2, 0.25) is 0 Å². The molecule has 0 aromatic carbocycles. The summed E-state index contributed by atoms with van der Waals surface area (Å²) in [6.07, 6.45) is 3.50. The second kappa shape index (κ2) is 15.2. The first-order chi connectivity index (χ1) is 12.7. The molecule has 1 fully saturated rings. The second-order valence-corrected chi connectivity index (χ2v) is 7.47. The lowest BCUT2D eigenvalue weighted by Gasteiger charge is -2.33. The molecule has 0 radical (unpaired) electrons. The lowest BCUT2D eigenvalue weighted by atomic mass is 10.1. The van der Waals surface area contributed by atoms with Crippen molar-refractivity contribution >= 4 is 5.96 Å². The third-order valence-electron chi connectivity index (χ3n) is 4.79. The maximum absolute atomic E-state index is 5.64. The van der Waals surface area contributed by atoms with Crippen molar-refractivity contribution in [1.82, 2.24) is 20.4 Å². The Labute approximate surface area is 161 Å². The van der Waals surface area contributed by atoms with Crippen LogP contribution in [-0.2, 0) is 4.74 Å². The Morgan fingerprint density at radius 2 is 1.73 bits per heavy atom. The molecular weight excluding hydrogens is 326 g/mol. The maximum Gasteiger partial charge on any atom is 0.191 e. The predicted molar refractivity (Wildman–Crippen MR) is 112 cm³/mol. The van der Waals surface area contributed by atoms with E-state index >= 15 is 0 Å². The Hall–Kier alpha value is -0.850. The first-order valence-corrected chi connectivity index (χ1v) is 10.7. The van der Waals surface area contributed by atoms with Crippen molar-refractivity contribution < 1.29 is 4.74 Å². The van der Waals surface area contributed by atoms with E-state index in [9.17, 15) is 0 Å². The topological polar surface area (TPSA) is 52.1 Å². The van der Waals surface area contributed by atoms with E-state index in [2.05, 4.69) is 53.1 Å². The van der Waals surface area contributed by atoms with Gasteiger partial charge in [0, 0.05) is 52.4 Å². The molecule has 0 aromatic heterocycles. The minimum absolute atomic E-state index is 0.706. The van der Waals surface area contributed by atoms with Crippen molar-refractivity contribution in [3.8, 4) is 0 Å². The molecule has 1 heterocycles. The Bertz CT molecular complexity index is 354. The lowest BCUT2D eigenvalue weighted by molar-refractivity contribution is 0.128. The number of likely N-dealkylation sites (N-methyl/N-ethyl adjacent to an activating group) is 1. The summed E-state index contributed by atoms with van der Waals surface area (Å²) in [4.78, 5) is 9.80. The zero-order valence-corrected chi connectivity index (χ0v) is 17.7. The van der Waals surface area contributed by atoms with Crippen molar-refractivity contribution in [2.75, 3.05) is 72.1 Å². The lowest BCUT2D eigenvalue weighted by Crippen LogP contribution is -2.46. The summed E-state index contributed by atoms with van der Waals surface area (Å²) in [5, 5.41) is 6.67. The standard InChI is InChI=1S/C20H43N5O/c1-5-21-20(23-11-18-26-17-9-19(3)4)22-10-7-8-12-25-15-13-24(6-2)14-16-25/h19H,5-18H2,1-4H3,(H2,21,22,23).